The summed E-state index contributed by atoms with van der Waals surface area (Å²) in [5.74, 6) is 1.91. The van der Waals surface area contributed by atoms with Gasteiger partial charge in [0.1, 0.15) is 0 Å². The first kappa shape index (κ1) is 30.8. The fourth-order valence-electron chi connectivity index (χ4n) is 7.88. The average molecular weight is 657 g/mol. The van der Waals surface area contributed by atoms with Crippen LogP contribution in [0.15, 0.2) is 146 Å². The highest BCUT2D eigenvalue weighted by Gasteiger charge is 2.38. The molecule has 2 heterocycles. The van der Waals surface area contributed by atoms with Gasteiger partial charge in [-0.2, -0.15) is 0 Å². The van der Waals surface area contributed by atoms with Crippen molar-refractivity contribution >= 4 is 10.8 Å². The van der Waals surface area contributed by atoms with Gasteiger partial charge >= 0.3 is 0 Å². The first-order chi connectivity index (χ1) is 24.8. The second kappa shape index (κ2) is 12.0. The van der Waals surface area contributed by atoms with Gasteiger partial charge in [0.05, 0.1) is 0 Å². The molecule has 1 aliphatic rings. The van der Waals surface area contributed by atoms with Crippen molar-refractivity contribution in [2.75, 3.05) is 0 Å². The molecular weight excluding hydrogens is 621 g/mol. The highest BCUT2D eigenvalue weighted by atomic mass is 15.0. The van der Waals surface area contributed by atoms with E-state index in [1.807, 2.05) is 43.3 Å². The predicted molar refractivity (Wildman–Crippen MR) is 209 cm³/mol. The molecule has 4 heteroatoms. The van der Waals surface area contributed by atoms with Gasteiger partial charge in [0.25, 0.3) is 0 Å². The molecule has 0 radical (unpaired) electrons. The smallest absolute Gasteiger partial charge is 0.164 e. The van der Waals surface area contributed by atoms with Crippen molar-refractivity contribution in [1.82, 2.24) is 19.9 Å². The van der Waals surface area contributed by atoms with Crippen molar-refractivity contribution in [1.29, 1.82) is 0 Å². The zero-order valence-electron chi connectivity index (χ0n) is 29.1. The van der Waals surface area contributed by atoms with Crippen LogP contribution in [0, 0.1) is 13.8 Å². The molecule has 8 aromatic rings. The second-order valence-corrected chi connectivity index (χ2v) is 14.0. The normalized spacial score (nSPS) is 12.9. The Morgan fingerprint density at radius 2 is 0.980 bits per heavy atom. The van der Waals surface area contributed by atoms with Gasteiger partial charge in [0, 0.05) is 39.1 Å². The highest BCUT2D eigenvalue weighted by Crippen LogP contribution is 2.55. The number of benzene rings is 6. The van der Waals surface area contributed by atoms with Crippen molar-refractivity contribution in [3.8, 4) is 67.5 Å². The van der Waals surface area contributed by atoms with Gasteiger partial charge in [-0.25, -0.2) is 15.0 Å². The maximum Gasteiger partial charge on any atom is 0.164 e. The third-order valence-corrected chi connectivity index (χ3v) is 10.3. The molecule has 1 aliphatic carbocycles. The molecule has 6 aromatic carbocycles. The summed E-state index contributed by atoms with van der Waals surface area (Å²) < 4.78 is 0. The van der Waals surface area contributed by atoms with Crippen LogP contribution in [0.25, 0.3) is 78.3 Å². The van der Waals surface area contributed by atoms with E-state index in [4.69, 9.17) is 19.9 Å². The molecule has 51 heavy (non-hydrogen) atoms. The zero-order valence-corrected chi connectivity index (χ0v) is 29.1. The van der Waals surface area contributed by atoms with E-state index in [0.29, 0.717) is 17.5 Å². The summed E-state index contributed by atoms with van der Waals surface area (Å²) in [5, 5.41) is 2.52. The Morgan fingerprint density at radius 3 is 1.65 bits per heavy atom. The summed E-state index contributed by atoms with van der Waals surface area (Å²) in [7, 11) is 0. The fourth-order valence-corrected chi connectivity index (χ4v) is 7.88. The maximum atomic E-state index is 5.15. The molecule has 0 bridgehead atoms. The molecule has 0 amide bonds. The van der Waals surface area contributed by atoms with E-state index in [9.17, 15) is 0 Å². The number of pyridine rings is 1. The van der Waals surface area contributed by atoms with Crippen molar-refractivity contribution in [3.63, 3.8) is 0 Å². The molecule has 0 atom stereocenters. The summed E-state index contributed by atoms with van der Waals surface area (Å²) >= 11 is 0. The van der Waals surface area contributed by atoms with Gasteiger partial charge in [-0.1, -0.05) is 129 Å². The molecule has 244 valence electrons. The minimum atomic E-state index is -0.164. The first-order valence-electron chi connectivity index (χ1n) is 17.5. The fraction of sp³-hybridized carbons (Fsp3) is 0.106. The number of nitrogens with zero attached hydrogens (tertiary/aromatic N) is 4. The molecule has 0 unspecified atom stereocenters. The molecule has 2 aromatic heterocycles. The standard InChI is InChI=1S/C47H36N4/c1-29-23-24-37(30(2)48-29)34-25-35(40-28-33-19-11-12-20-38(33)43-42(40)39-21-13-14-22-41(39)47(43,3)4)27-36(26-34)46-50-44(31-15-7-5-8-16-31)49-45(51-46)32-17-9-6-10-18-32/h5-28H,1-4H3. The third-order valence-electron chi connectivity index (χ3n) is 10.3. The van der Waals surface area contributed by atoms with Gasteiger partial charge < -0.3 is 0 Å². The molecule has 9 rings (SSSR count). The minimum Gasteiger partial charge on any atom is -0.258 e. The molecular formula is C47H36N4. The van der Waals surface area contributed by atoms with Crippen LogP contribution in [0.3, 0.4) is 0 Å². The summed E-state index contributed by atoms with van der Waals surface area (Å²) in [6.07, 6.45) is 0. The molecule has 0 fully saturated rings. The Morgan fingerprint density at radius 1 is 0.431 bits per heavy atom. The SMILES string of the molecule is Cc1ccc(-c2cc(-c3nc(-c4ccccc4)nc(-c4ccccc4)n3)cc(-c3cc4ccccc4c4c3-c3ccccc3C4(C)C)c2)c(C)n1. The monoisotopic (exact) mass is 656 g/mol. The zero-order chi connectivity index (χ0) is 34.7. The van der Waals surface area contributed by atoms with E-state index in [-0.39, 0.29) is 5.41 Å². The number of rotatable bonds is 5. The van der Waals surface area contributed by atoms with Crippen LogP contribution in [0.4, 0.5) is 0 Å². The van der Waals surface area contributed by atoms with Crippen LogP contribution < -0.4 is 0 Å². The Kier molecular flexibility index (Phi) is 7.22. The Hall–Kier alpha value is -6.26. The average Bonchev–Trinajstić information content (AvgIpc) is 3.41. The van der Waals surface area contributed by atoms with Gasteiger partial charge in [0.2, 0.25) is 0 Å². The van der Waals surface area contributed by atoms with E-state index in [2.05, 4.69) is 130 Å². The lowest BCUT2D eigenvalue weighted by Crippen LogP contribution is -2.15. The summed E-state index contributed by atoms with van der Waals surface area (Å²) in [5.41, 5.74) is 14.4. The lowest BCUT2D eigenvalue weighted by Gasteiger charge is -2.24. The van der Waals surface area contributed by atoms with Crippen LogP contribution in [0.2, 0.25) is 0 Å². The predicted octanol–water partition coefficient (Wildman–Crippen LogP) is 11.7. The van der Waals surface area contributed by atoms with Crippen LogP contribution in [0.1, 0.15) is 36.4 Å². The van der Waals surface area contributed by atoms with E-state index in [0.717, 1.165) is 44.8 Å². The number of aryl methyl sites for hydroxylation is 2. The molecule has 0 N–H and O–H groups in total. The van der Waals surface area contributed by atoms with Crippen molar-refractivity contribution in [2.24, 2.45) is 0 Å². The van der Waals surface area contributed by atoms with Crippen molar-refractivity contribution in [3.05, 3.63) is 168 Å². The molecule has 0 spiro atoms. The number of fused-ring (bicyclic) bond motifs is 5. The van der Waals surface area contributed by atoms with Gasteiger partial charge in [-0.15, -0.1) is 0 Å². The van der Waals surface area contributed by atoms with E-state index in [1.165, 1.54) is 38.6 Å². The van der Waals surface area contributed by atoms with E-state index >= 15 is 0 Å². The number of hydrogen-bond acceptors (Lipinski definition) is 4. The number of hydrogen-bond donors (Lipinski definition) is 0. The lowest BCUT2D eigenvalue weighted by molar-refractivity contribution is 0.666. The molecule has 4 nitrogen and oxygen atoms in total. The Bertz CT molecular complexity index is 2570. The minimum absolute atomic E-state index is 0.164. The van der Waals surface area contributed by atoms with Gasteiger partial charge in [-0.3, -0.25) is 4.98 Å². The van der Waals surface area contributed by atoms with Crippen molar-refractivity contribution in [2.45, 2.75) is 33.1 Å². The van der Waals surface area contributed by atoms with Crippen LogP contribution in [-0.2, 0) is 5.41 Å². The molecule has 0 saturated heterocycles. The first-order valence-corrected chi connectivity index (χ1v) is 17.5. The van der Waals surface area contributed by atoms with E-state index < -0.39 is 0 Å². The van der Waals surface area contributed by atoms with Gasteiger partial charge in [-0.05, 0) is 93.9 Å². The largest absolute Gasteiger partial charge is 0.258 e. The molecule has 0 saturated carbocycles. The van der Waals surface area contributed by atoms with E-state index in [1.54, 1.807) is 0 Å². The summed E-state index contributed by atoms with van der Waals surface area (Å²) in [4.78, 5) is 20.1. The van der Waals surface area contributed by atoms with Gasteiger partial charge in [0.15, 0.2) is 17.5 Å². The quantitative estimate of drug-likeness (QED) is 0.185. The third kappa shape index (κ3) is 5.23. The molecule has 0 aliphatic heterocycles. The Balaban J connectivity index is 1.36. The van der Waals surface area contributed by atoms with Crippen LogP contribution >= 0.6 is 0 Å². The summed E-state index contributed by atoms with van der Waals surface area (Å²) in [6, 6.07) is 51.4. The number of aromatic nitrogens is 4. The topological polar surface area (TPSA) is 51.6 Å². The van der Waals surface area contributed by atoms with Crippen LogP contribution in [-0.4, -0.2) is 19.9 Å². The van der Waals surface area contributed by atoms with Crippen molar-refractivity contribution < 1.29 is 0 Å². The maximum absolute atomic E-state index is 5.15. The lowest BCUT2D eigenvalue weighted by atomic mass is 9.79. The van der Waals surface area contributed by atoms with Crippen LogP contribution in [0.5, 0.6) is 0 Å². The second-order valence-electron chi connectivity index (χ2n) is 14.0. The highest BCUT2D eigenvalue weighted by molar-refractivity contribution is 6.05. The Labute approximate surface area is 298 Å². The summed E-state index contributed by atoms with van der Waals surface area (Å²) in [6.45, 7) is 8.85.